The number of hydrogen-bond donors (Lipinski definition) is 1. The highest BCUT2D eigenvalue weighted by atomic mass is 16.5. The predicted molar refractivity (Wildman–Crippen MR) is 185 cm³/mol. The summed E-state index contributed by atoms with van der Waals surface area (Å²) < 4.78 is 6.97. The molecule has 3 fully saturated rings. The van der Waals surface area contributed by atoms with E-state index in [0.29, 0.717) is 25.2 Å². The van der Waals surface area contributed by atoms with Gasteiger partial charge in [0.15, 0.2) is 0 Å². The highest BCUT2D eigenvalue weighted by Crippen LogP contribution is 2.66. The van der Waals surface area contributed by atoms with Gasteiger partial charge in [-0.1, -0.05) is 49.4 Å². The molecule has 2 aromatic rings. The number of aliphatic hydroxyl groups excluding tert-OH is 1. The minimum absolute atomic E-state index is 0.108. The largest absolute Gasteiger partial charge is 0.394 e. The molecule has 0 aliphatic carbocycles. The molecule has 3 aliphatic heterocycles. The lowest BCUT2D eigenvalue weighted by Gasteiger charge is -2.39. The highest BCUT2D eigenvalue weighted by Gasteiger charge is 2.80. The topological polar surface area (TPSA) is 93.6 Å². The molecule has 3 saturated heterocycles. The number of ether oxygens (including phenoxy) is 1. The molecule has 1 spiro atoms. The van der Waals surface area contributed by atoms with Crippen LogP contribution in [0.3, 0.4) is 0 Å². The monoisotopic (exact) mass is 642 g/mol. The minimum atomic E-state index is -1.24. The molecule has 5 rings (SSSR count). The van der Waals surface area contributed by atoms with E-state index in [2.05, 4.69) is 31.9 Å². The van der Waals surface area contributed by atoms with Crippen molar-refractivity contribution in [3.8, 4) is 0 Å². The summed E-state index contributed by atoms with van der Waals surface area (Å²) in [6, 6.07) is 15.9. The minimum Gasteiger partial charge on any atom is -0.394 e. The first-order valence-corrected chi connectivity index (χ1v) is 16.9. The molecule has 2 bridgehead atoms. The summed E-state index contributed by atoms with van der Waals surface area (Å²) in [4.78, 5) is 51.3. The quantitative estimate of drug-likeness (QED) is 0.302. The number of likely N-dealkylation sites (tertiary alicyclic amines) is 1. The van der Waals surface area contributed by atoms with Crippen LogP contribution in [0.1, 0.15) is 46.6 Å². The molecule has 3 amide bonds. The second-order valence-electron chi connectivity index (χ2n) is 13.4. The average Bonchev–Trinajstić information content (AvgIpc) is 3.60. The Morgan fingerprint density at radius 3 is 2.21 bits per heavy atom. The lowest BCUT2D eigenvalue weighted by molar-refractivity contribution is -0.153. The third-order valence-electron chi connectivity index (χ3n) is 10.7. The van der Waals surface area contributed by atoms with Gasteiger partial charge >= 0.3 is 0 Å². The average molecular weight is 643 g/mol. The van der Waals surface area contributed by atoms with Crippen molar-refractivity contribution in [2.75, 3.05) is 42.6 Å². The zero-order chi connectivity index (χ0) is 34.1. The molecular weight excluding hydrogens is 592 g/mol. The van der Waals surface area contributed by atoms with Crippen LogP contribution < -0.4 is 9.80 Å². The maximum absolute atomic E-state index is 14.9. The van der Waals surface area contributed by atoms with Crippen molar-refractivity contribution in [2.45, 2.75) is 70.9 Å². The number of carbonyl (C=O) groups excluding carboxylic acids is 3. The third-order valence-corrected chi connectivity index (χ3v) is 10.7. The van der Waals surface area contributed by atoms with E-state index in [1.54, 1.807) is 28.9 Å². The van der Waals surface area contributed by atoms with Crippen LogP contribution in [-0.2, 0) is 25.7 Å². The Morgan fingerprint density at radius 2 is 1.64 bits per heavy atom. The molecule has 9 nitrogen and oxygen atoms in total. The number of anilines is 2. The molecule has 0 aromatic heterocycles. The van der Waals surface area contributed by atoms with Crippen LogP contribution in [0.15, 0.2) is 79.9 Å². The van der Waals surface area contributed by atoms with E-state index >= 15 is 0 Å². The Kier molecular flexibility index (Phi) is 9.99. The number of aliphatic hydroxyl groups is 1. The van der Waals surface area contributed by atoms with Gasteiger partial charge in [0.05, 0.1) is 30.1 Å². The van der Waals surface area contributed by atoms with Gasteiger partial charge in [0.25, 0.3) is 5.91 Å². The second-order valence-corrected chi connectivity index (χ2v) is 13.4. The zero-order valence-electron chi connectivity index (χ0n) is 28.5. The van der Waals surface area contributed by atoms with Gasteiger partial charge in [0.1, 0.15) is 11.6 Å². The van der Waals surface area contributed by atoms with E-state index in [9.17, 15) is 19.5 Å². The Hall–Kier alpha value is -3.95. The predicted octanol–water partition coefficient (Wildman–Crippen LogP) is 4.66. The van der Waals surface area contributed by atoms with Crippen LogP contribution in [-0.4, -0.2) is 88.7 Å². The van der Waals surface area contributed by atoms with Gasteiger partial charge < -0.3 is 29.4 Å². The van der Waals surface area contributed by atoms with Crippen LogP contribution in [0.25, 0.3) is 0 Å². The lowest BCUT2D eigenvalue weighted by Crippen LogP contribution is -2.58. The van der Waals surface area contributed by atoms with E-state index < -0.39 is 35.1 Å². The maximum atomic E-state index is 14.9. The molecular formula is C38H50N4O5. The van der Waals surface area contributed by atoms with E-state index in [4.69, 9.17) is 4.74 Å². The fraction of sp³-hybridized carbons (Fsp3) is 0.500. The SMILES string of the molecule is C=CCN(Cc1ccccc1)C(=O)[C@H]1[C@H]2C(=O)N([C@H](C)CO)C(C(=O)N(CC=C)c3ccc(N(CC)CC)cc3)C23CC(C)[C@]1(C)O3. The number of fused-ring (bicyclic) bond motifs is 1. The molecule has 0 radical (unpaired) electrons. The molecule has 9 heteroatoms. The Bertz CT molecular complexity index is 1480. The summed E-state index contributed by atoms with van der Waals surface area (Å²) in [5.41, 5.74) is 0.492. The van der Waals surface area contributed by atoms with Gasteiger partial charge in [-0.3, -0.25) is 14.4 Å². The van der Waals surface area contributed by atoms with Crippen molar-refractivity contribution in [2.24, 2.45) is 17.8 Å². The lowest BCUT2D eigenvalue weighted by atomic mass is 9.62. The number of amides is 3. The fourth-order valence-electron chi connectivity index (χ4n) is 8.31. The molecule has 3 unspecified atom stereocenters. The van der Waals surface area contributed by atoms with Crippen molar-refractivity contribution in [3.63, 3.8) is 0 Å². The first-order chi connectivity index (χ1) is 22.5. The first kappa shape index (κ1) is 34.4. The summed E-state index contributed by atoms with van der Waals surface area (Å²) in [5, 5.41) is 10.4. The van der Waals surface area contributed by atoms with Gasteiger partial charge in [-0.2, -0.15) is 0 Å². The van der Waals surface area contributed by atoms with Crippen molar-refractivity contribution in [1.29, 1.82) is 0 Å². The van der Waals surface area contributed by atoms with E-state index in [1.165, 1.54) is 4.90 Å². The number of nitrogens with zero attached hydrogens (tertiary/aromatic N) is 4. The summed E-state index contributed by atoms with van der Waals surface area (Å²) in [5.74, 6) is -2.62. The smallest absolute Gasteiger partial charge is 0.253 e. The molecule has 3 heterocycles. The molecule has 2 aromatic carbocycles. The number of rotatable bonds is 14. The molecule has 3 aliphatic rings. The van der Waals surface area contributed by atoms with Crippen molar-refractivity contribution in [3.05, 3.63) is 85.5 Å². The van der Waals surface area contributed by atoms with E-state index in [0.717, 1.165) is 24.3 Å². The summed E-state index contributed by atoms with van der Waals surface area (Å²) in [6.07, 6.45) is 3.80. The van der Waals surface area contributed by atoms with Crippen molar-refractivity contribution >= 4 is 29.1 Å². The Morgan fingerprint density at radius 1 is 1.02 bits per heavy atom. The van der Waals surface area contributed by atoms with Crippen LogP contribution in [0.2, 0.25) is 0 Å². The van der Waals surface area contributed by atoms with Gasteiger partial charge in [-0.25, -0.2) is 0 Å². The number of carbonyl (C=O) groups is 3. The highest BCUT2D eigenvalue weighted by molar-refractivity contribution is 6.05. The Balaban J connectivity index is 1.57. The Labute approximate surface area is 279 Å². The maximum Gasteiger partial charge on any atom is 0.253 e. The van der Waals surface area contributed by atoms with Crippen LogP contribution in [0, 0.1) is 17.8 Å². The molecule has 47 heavy (non-hydrogen) atoms. The van der Waals surface area contributed by atoms with Crippen molar-refractivity contribution in [1.82, 2.24) is 9.80 Å². The first-order valence-electron chi connectivity index (χ1n) is 16.9. The molecule has 7 atom stereocenters. The van der Waals surface area contributed by atoms with Crippen LogP contribution in [0.4, 0.5) is 11.4 Å². The normalized spacial score (nSPS) is 28.1. The van der Waals surface area contributed by atoms with Crippen LogP contribution >= 0.6 is 0 Å². The summed E-state index contributed by atoms with van der Waals surface area (Å²) in [6.45, 7) is 20.0. The van der Waals surface area contributed by atoms with Crippen molar-refractivity contribution < 1.29 is 24.2 Å². The standard InChI is InChI=1S/C38H50N4O5/c1-8-21-40(24-28-15-13-12-14-16-28)34(44)31-32-35(45)42(27(6)25-43)33(38(32)23-26(5)37(31,7)47-38)36(46)41(22-9-2)30-19-17-29(18-20-30)39(10-3)11-4/h8-9,12-20,26-27,31-33,43H,1-2,10-11,21-25H2,3-7H3/t26?,27-,31-,32+,33?,37+,38?/m1/s1. The summed E-state index contributed by atoms with van der Waals surface area (Å²) in [7, 11) is 0. The molecule has 0 saturated carbocycles. The fourth-order valence-corrected chi connectivity index (χ4v) is 8.31. The van der Waals surface area contributed by atoms with Gasteiger partial charge in [-0.05, 0) is 69.9 Å². The van der Waals surface area contributed by atoms with Gasteiger partial charge in [0, 0.05) is 44.1 Å². The molecule has 1 N–H and O–H groups in total. The second kappa shape index (κ2) is 13.6. The van der Waals surface area contributed by atoms with Gasteiger partial charge in [0.2, 0.25) is 11.8 Å². The summed E-state index contributed by atoms with van der Waals surface area (Å²) >= 11 is 0. The van der Waals surface area contributed by atoms with Gasteiger partial charge in [-0.15, -0.1) is 13.2 Å². The molecule has 252 valence electrons. The number of benzene rings is 2. The third kappa shape index (κ3) is 5.67. The van der Waals surface area contributed by atoms with E-state index in [-0.39, 0.29) is 36.8 Å². The zero-order valence-corrected chi connectivity index (χ0v) is 28.5. The van der Waals surface area contributed by atoms with E-state index in [1.807, 2.05) is 68.4 Å². The number of hydrogen-bond acceptors (Lipinski definition) is 6. The van der Waals surface area contributed by atoms with Crippen LogP contribution in [0.5, 0.6) is 0 Å².